The minimum atomic E-state index is -0.967. The Balaban J connectivity index is 1.42. The number of benzene rings is 2. The number of nitrogens with one attached hydrogen (secondary N) is 1. The molecule has 1 heterocycles. The van der Waals surface area contributed by atoms with Crippen molar-refractivity contribution in [3.63, 3.8) is 0 Å². The number of carboxylic acid groups (broad SMARTS) is 1. The lowest BCUT2D eigenvalue weighted by Gasteiger charge is -2.25. The first-order valence-corrected chi connectivity index (χ1v) is 11.1. The van der Waals surface area contributed by atoms with Gasteiger partial charge in [-0.05, 0) is 60.9 Å². The zero-order valence-electron chi connectivity index (χ0n) is 18.6. The summed E-state index contributed by atoms with van der Waals surface area (Å²) in [6.45, 7) is 1.69. The van der Waals surface area contributed by atoms with Crippen LogP contribution in [0.25, 0.3) is 0 Å². The van der Waals surface area contributed by atoms with E-state index in [1.807, 2.05) is 67.7 Å². The molecule has 0 amide bonds. The molecule has 6 heteroatoms. The van der Waals surface area contributed by atoms with E-state index in [9.17, 15) is 4.79 Å². The fourth-order valence-electron chi connectivity index (χ4n) is 4.24. The van der Waals surface area contributed by atoms with Gasteiger partial charge in [0.1, 0.15) is 11.9 Å². The van der Waals surface area contributed by atoms with Crippen molar-refractivity contribution in [2.45, 2.75) is 32.3 Å². The molecular weight excluding hydrogens is 416 g/mol. The van der Waals surface area contributed by atoms with E-state index < -0.39 is 5.97 Å². The molecule has 0 saturated heterocycles. The number of carbonyl (C=O) groups is 1. The largest absolute Gasteiger partial charge is 0.482 e. The van der Waals surface area contributed by atoms with Crippen LogP contribution in [0.2, 0.25) is 0 Å². The van der Waals surface area contributed by atoms with Crippen LogP contribution in [0.15, 0.2) is 84.8 Å². The summed E-state index contributed by atoms with van der Waals surface area (Å²) in [6.07, 6.45) is 8.20. The van der Waals surface area contributed by atoms with E-state index in [-0.39, 0.29) is 12.7 Å². The summed E-state index contributed by atoms with van der Waals surface area (Å²) in [5, 5.41) is 8.90. The molecule has 1 aromatic heterocycles. The van der Waals surface area contributed by atoms with E-state index in [2.05, 4.69) is 22.6 Å². The SMILES string of the molecule is CC(=CC1CCc2c(cccc2OCC(=O)O)C1)NOC(c1ccccc1)c1cccnc1. The third kappa shape index (κ3) is 5.99. The van der Waals surface area contributed by atoms with E-state index in [0.717, 1.165) is 41.6 Å². The zero-order chi connectivity index (χ0) is 23.0. The lowest BCUT2D eigenvalue weighted by atomic mass is 9.83. The highest BCUT2D eigenvalue weighted by molar-refractivity contribution is 5.68. The topological polar surface area (TPSA) is 80.7 Å². The first kappa shape index (κ1) is 22.6. The van der Waals surface area contributed by atoms with Crippen LogP contribution in [0.5, 0.6) is 5.75 Å². The van der Waals surface area contributed by atoms with Crippen LogP contribution in [0.3, 0.4) is 0 Å². The highest BCUT2D eigenvalue weighted by Gasteiger charge is 2.21. The third-order valence-corrected chi connectivity index (χ3v) is 5.74. The van der Waals surface area contributed by atoms with Crippen molar-refractivity contribution < 1.29 is 19.5 Å². The third-order valence-electron chi connectivity index (χ3n) is 5.74. The van der Waals surface area contributed by atoms with E-state index in [4.69, 9.17) is 14.7 Å². The Bertz CT molecular complexity index is 1060. The summed E-state index contributed by atoms with van der Waals surface area (Å²) in [5.74, 6) is 0.0700. The molecule has 0 bridgehead atoms. The van der Waals surface area contributed by atoms with Gasteiger partial charge in [0, 0.05) is 23.7 Å². The van der Waals surface area contributed by atoms with Crippen LogP contribution < -0.4 is 10.2 Å². The number of aromatic nitrogens is 1. The summed E-state index contributed by atoms with van der Waals surface area (Å²) >= 11 is 0. The Hall–Kier alpha value is -3.64. The fourth-order valence-corrected chi connectivity index (χ4v) is 4.24. The Morgan fingerprint density at radius 3 is 2.73 bits per heavy atom. The van der Waals surface area contributed by atoms with Gasteiger partial charge < -0.3 is 9.84 Å². The summed E-state index contributed by atoms with van der Waals surface area (Å²) in [4.78, 5) is 21.2. The van der Waals surface area contributed by atoms with Gasteiger partial charge in [0.15, 0.2) is 6.61 Å². The summed E-state index contributed by atoms with van der Waals surface area (Å²) in [5.41, 5.74) is 8.43. The van der Waals surface area contributed by atoms with Gasteiger partial charge in [0.2, 0.25) is 0 Å². The fraction of sp³-hybridized carbons (Fsp3) is 0.259. The highest BCUT2D eigenvalue weighted by Crippen LogP contribution is 2.33. The number of ether oxygens (including phenoxy) is 1. The lowest BCUT2D eigenvalue weighted by molar-refractivity contribution is -0.139. The number of carboxylic acids is 1. The standard InChI is InChI=1S/C27H28N2O4/c1-19(29-33-27(21-7-3-2-4-8-21)23-10-6-14-28-17-23)15-20-12-13-24-22(16-20)9-5-11-25(24)32-18-26(30)31/h2-11,14-15,17,20,27,29H,12-13,16,18H2,1H3,(H,30,31). The van der Waals surface area contributed by atoms with Crippen LogP contribution >= 0.6 is 0 Å². The normalized spacial score (nSPS) is 16.5. The molecule has 170 valence electrons. The van der Waals surface area contributed by atoms with Crippen molar-refractivity contribution in [3.8, 4) is 5.75 Å². The molecule has 0 aliphatic heterocycles. The number of aliphatic carboxylic acids is 1. The number of pyridine rings is 1. The van der Waals surface area contributed by atoms with Gasteiger partial charge in [-0.2, -0.15) is 0 Å². The number of rotatable bonds is 9. The molecule has 2 aromatic carbocycles. The van der Waals surface area contributed by atoms with Crippen LogP contribution in [0, 0.1) is 5.92 Å². The maximum absolute atomic E-state index is 10.8. The Morgan fingerprint density at radius 2 is 1.97 bits per heavy atom. The average Bonchev–Trinajstić information content (AvgIpc) is 2.84. The molecule has 2 atom stereocenters. The molecule has 6 nitrogen and oxygen atoms in total. The maximum Gasteiger partial charge on any atom is 0.341 e. The van der Waals surface area contributed by atoms with Crippen molar-refractivity contribution in [2.75, 3.05) is 6.61 Å². The molecule has 0 fully saturated rings. The molecule has 1 aliphatic rings. The second kappa shape index (κ2) is 10.8. The first-order chi connectivity index (χ1) is 16.1. The number of hydrogen-bond donors (Lipinski definition) is 2. The van der Waals surface area contributed by atoms with E-state index in [1.54, 1.807) is 6.20 Å². The number of fused-ring (bicyclic) bond motifs is 1. The molecule has 3 aromatic rings. The van der Waals surface area contributed by atoms with Gasteiger partial charge in [-0.3, -0.25) is 15.3 Å². The molecular formula is C27H28N2O4. The van der Waals surface area contributed by atoms with Crippen LogP contribution in [-0.2, 0) is 22.5 Å². The number of hydroxylamine groups is 1. The van der Waals surface area contributed by atoms with Gasteiger partial charge in [0.05, 0.1) is 0 Å². The Labute approximate surface area is 193 Å². The predicted molar refractivity (Wildman–Crippen MR) is 126 cm³/mol. The van der Waals surface area contributed by atoms with Crippen molar-refractivity contribution in [1.29, 1.82) is 0 Å². The van der Waals surface area contributed by atoms with Crippen LogP contribution in [0.4, 0.5) is 0 Å². The van der Waals surface area contributed by atoms with Gasteiger partial charge in [0.25, 0.3) is 0 Å². The lowest BCUT2D eigenvalue weighted by Crippen LogP contribution is -2.20. The number of nitrogens with zero attached hydrogens (tertiary/aromatic N) is 1. The van der Waals surface area contributed by atoms with Gasteiger partial charge in [-0.25, -0.2) is 4.79 Å². The zero-order valence-corrected chi connectivity index (χ0v) is 18.6. The van der Waals surface area contributed by atoms with E-state index in [1.165, 1.54) is 5.56 Å². The van der Waals surface area contributed by atoms with Crippen molar-refractivity contribution >= 4 is 5.97 Å². The maximum atomic E-state index is 10.8. The Morgan fingerprint density at radius 1 is 1.15 bits per heavy atom. The second-order valence-electron chi connectivity index (χ2n) is 8.23. The summed E-state index contributed by atoms with van der Waals surface area (Å²) in [6, 6.07) is 19.9. The minimum Gasteiger partial charge on any atom is -0.482 e. The molecule has 0 spiro atoms. The smallest absolute Gasteiger partial charge is 0.341 e. The highest BCUT2D eigenvalue weighted by atomic mass is 16.7. The minimum absolute atomic E-state index is 0.274. The predicted octanol–water partition coefficient (Wildman–Crippen LogP) is 4.86. The molecule has 0 radical (unpaired) electrons. The van der Waals surface area contributed by atoms with Crippen molar-refractivity contribution in [3.05, 3.63) is 107 Å². The first-order valence-electron chi connectivity index (χ1n) is 11.1. The molecule has 2 unspecified atom stereocenters. The van der Waals surface area contributed by atoms with Gasteiger partial charge in [-0.15, -0.1) is 0 Å². The number of hydrogen-bond acceptors (Lipinski definition) is 5. The average molecular weight is 445 g/mol. The molecule has 33 heavy (non-hydrogen) atoms. The molecule has 1 aliphatic carbocycles. The van der Waals surface area contributed by atoms with Crippen molar-refractivity contribution in [1.82, 2.24) is 10.5 Å². The summed E-state index contributed by atoms with van der Waals surface area (Å²) in [7, 11) is 0. The monoisotopic (exact) mass is 444 g/mol. The number of allylic oxidation sites excluding steroid dienone is 2. The van der Waals surface area contributed by atoms with Gasteiger partial charge >= 0.3 is 5.97 Å². The molecule has 0 saturated carbocycles. The van der Waals surface area contributed by atoms with Crippen LogP contribution in [0.1, 0.15) is 41.7 Å². The van der Waals surface area contributed by atoms with Crippen molar-refractivity contribution in [2.24, 2.45) is 5.92 Å². The summed E-state index contributed by atoms with van der Waals surface area (Å²) < 4.78 is 5.48. The molecule has 4 rings (SSSR count). The molecule has 2 N–H and O–H groups in total. The van der Waals surface area contributed by atoms with Crippen LogP contribution in [-0.4, -0.2) is 22.7 Å². The Kier molecular flexibility index (Phi) is 7.37. The van der Waals surface area contributed by atoms with Gasteiger partial charge in [-0.1, -0.05) is 54.6 Å². The van der Waals surface area contributed by atoms with E-state index in [0.29, 0.717) is 11.7 Å². The second-order valence-corrected chi connectivity index (χ2v) is 8.23. The van der Waals surface area contributed by atoms with E-state index >= 15 is 0 Å². The quantitative estimate of drug-likeness (QED) is 0.459.